The molecule has 9 heteroatoms. The number of rotatable bonds is 7. The summed E-state index contributed by atoms with van der Waals surface area (Å²) in [6, 6.07) is 0.147. The second-order valence-corrected chi connectivity index (χ2v) is 7.23. The first-order chi connectivity index (χ1) is 12.4. The number of halogens is 4. The Balaban J connectivity index is 0.00000364. The molecule has 2 aliphatic rings. The first kappa shape index (κ1) is 24.3. The third-order valence-corrected chi connectivity index (χ3v) is 5.03. The van der Waals surface area contributed by atoms with E-state index in [1.54, 1.807) is 0 Å². The van der Waals surface area contributed by atoms with Gasteiger partial charge >= 0.3 is 6.18 Å². The summed E-state index contributed by atoms with van der Waals surface area (Å²) in [5, 5.41) is 6.45. The number of amides is 1. The van der Waals surface area contributed by atoms with E-state index in [0.717, 1.165) is 38.6 Å². The number of nitrogens with one attached hydrogen (secondary N) is 2. The number of guanidine groups is 1. The molecular formula is C18H32F3IN4O. The summed E-state index contributed by atoms with van der Waals surface area (Å²) in [6.45, 7) is 4.44. The average Bonchev–Trinajstić information content (AvgIpc) is 3.25. The van der Waals surface area contributed by atoms with Gasteiger partial charge in [-0.2, -0.15) is 13.2 Å². The van der Waals surface area contributed by atoms with Crippen molar-refractivity contribution in [1.82, 2.24) is 15.5 Å². The molecule has 1 unspecified atom stereocenters. The van der Waals surface area contributed by atoms with Crippen LogP contribution in [0.2, 0.25) is 0 Å². The SMILES string of the molecule is CCNC(=NCCCCC(F)(F)F)NC1CCN(C(=O)C2CCCC2)C1.I. The summed E-state index contributed by atoms with van der Waals surface area (Å²) in [5.74, 6) is 1.10. The smallest absolute Gasteiger partial charge is 0.357 e. The highest BCUT2D eigenvalue weighted by molar-refractivity contribution is 14.0. The minimum absolute atomic E-state index is 0. The highest BCUT2D eigenvalue weighted by Crippen LogP contribution is 2.27. The number of alkyl halides is 3. The van der Waals surface area contributed by atoms with Crippen molar-refractivity contribution in [2.45, 2.75) is 70.5 Å². The molecule has 1 aliphatic heterocycles. The number of hydrogen-bond acceptors (Lipinski definition) is 2. The molecule has 0 aromatic carbocycles. The van der Waals surface area contributed by atoms with Gasteiger partial charge in [-0.3, -0.25) is 9.79 Å². The maximum atomic E-state index is 12.5. The third kappa shape index (κ3) is 8.87. The standard InChI is InChI=1S/C18H31F3N4O.HI/c1-2-22-17(23-11-6-5-10-18(19,20)21)24-15-9-12-25(13-15)16(26)14-7-3-4-8-14;/h14-15H,2-13H2,1H3,(H2,22,23,24);1H. The summed E-state index contributed by atoms with van der Waals surface area (Å²) in [7, 11) is 0. The van der Waals surface area contributed by atoms with Crippen LogP contribution in [0.5, 0.6) is 0 Å². The van der Waals surface area contributed by atoms with E-state index in [0.29, 0.717) is 32.0 Å². The van der Waals surface area contributed by atoms with Crippen LogP contribution in [0.25, 0.3) is 0 Å². The van der Waals surface area contributed by atoms with Crippen LogP contribution in [-0.4, -0.2) is 55.2 Å². The Morgan fingerprint density at radius 1 is 1.19 bits per heavy atom. The fourth-order valence-electron chi connectivity index (χ4n) is 3.65. The van der Waals surface area contributed by atoms with Gasteiger partial charge in [-0.25, -0.2) is 0 Å². The predicted octanol–water partition coefficient (Wildman–Crippen LogP) is 3.68. The zero-order valence-electron chi connectivity index (χ0n) is 16.0. The van der Waals surface area contributed by atoms with E-state index in [1.165, 1.54) is 0 Å². The van der Waals surface area contributed by atoms with Crippen molar-refractivity contribution in [3.63, 3.8) is 0 Å². The van der Waals surface area contributed by atoms with Crippen LogP contribution in [0.15, 0.2) is 4.99 Å². The fraction of sp³-hybridized carbons (Fsp3) is 0.889. The van der Waals surface area contributed by atoms with Gasteiger partial charge in [0.1, 0.15) is 0 Å². The molecule has 1 saturated heterocycles. The lowest BCUT2D eigenvalue weighted by molar-refractivity contribution is -0.135. The number of carbonyl (C=O) groups excluding carboxylic acids is 1. The van der Waals surface area contributed by atoms with E-state index >= 15 is 0 Å². The lowest BCUT2D eigenvalue weighted by Gasteiger charge is -2.21. The Morgan fingerprint density at radius 2 is 1.89 bits per heavy atom. The van der Waals surface area contributed by atoms with Gasteiger partial charge in [-0.1, -0.05) is 12.8 Å². The number of nitrogens with zero attached hydrogens (tertiary/aromatic N) is 2. The van der Waals surface area contributed by atoms with Gasteiger partial charge in [0.05, 0.1) is 0 Å². The maximum Gasteiger partial charge on any atom is 0.389 e. The Labute approximate surface area is 176 Å². The van der Waals surface area contributed by atoms with Crippen LogP contribution in [0.1, 0.15) is 58.3 Å². The van der Waals surface area contributed by atoms with Crippen molar-refractivity contribution in [3.8, 4) is 0 Å². The molecule has 1 amide bonds. The summed E-state index contributed by atoms with van der Waals surface area (Å²) in [5.41, 5.74) is 0. The third-order valence-electron chi connectivity index (χ3n) is 5.03. The van der Waals surface area contributed by atoms with Crippen LogP contribution in [-0.2, 0) is 4.79 Å². The molecule has 2 N–H and O–H groups in total. The Morgan fingerprint density at radius 3 is 2.52 bits per heavy atom. The molecule has 0 spiro atoms. The first-order valence-corrected chi connectivity index (χ1v) is 9.79. The van der Waals surface area contributed by atoms with E-state index in [2.05, 4.69) is 15.6 Å². The van der Waals surface area contributed by atoms with E-state index in [9.17, 15) is 18.0 Å². The molecule has 1 aliphatic carbocycles. The Hall–Kier alpha value is -0.740. The molecule has 0 radical (unpaired) electrons. The molecule has 5 nitrogen and oxygen atoms in total. The molecule has 2 rings (SSSR count). The van der Waals surface area contributed by atoms with Gasteiger partial charge in [-0.15, -0.1) is 24.0 Å². The molecular weight excluding hydrogens is 472 g/mol. The second-order valence-electron chi connectivity index (χ2n) is 7.23. The highest BCUT2D eigenvalue weighted by Gasteiger charge is 2.32. The molecule has 0 aromatic rings. The van der Waals surface area contributed by atoms with Crippen LogP contribution in [0.3, 0.4) is 0 Å². The van der Waals surface area contributed by atoms with Crippen molar-refractivity contribution >= 4 is 35.8 Å². The number of unbranched alkanes of at least 4 members (excludes halogenated alkanes) is 1. The topological polar surface area (TPSA) is 56.7 Å². The number of aliphatic imine (C=N–C) groups is 1. The molecule has 0 bridgehead atoms. The summed E-state index contributed by atoms with van der Waals surface area (Å²) in [6.07, 6.45) is 0.850. The number of carbonyl (C=O) groups is 1. The van der Waals surface area contributed by atoms with Gasteiger partial charge in [0.25, 0.3) is 0 Å². The summed E-state index contributed by atoms with van der Waals surface area (Å²) >= 11 is 0. The molecule has 1 atom stereocenters. The summed E-state index contributed by atoms with van der Waals surface area (Å²) in [4.78, 5) is 18.8. The Kier molecular flexibility index (Phi) is 10.8. The van der Waals surface area contributed by atoms with Crippen molar-refractivity contribution < 1.29 is 18.0 Å². The fourth-order valence-corrected chi connectivity index (χ4v) is 3.65. The minimum Gasteiger partial charge on any atom is -0.357 e. The monoisotopic (exact) mass is 504 g/mol. The number of hydrogen-bond donors (Lipinski definition) is 2. The van der Waals surface area contributed by atoms with Gasteiger partial charge in [0, 0.05) is 44.6 Å². The zero-order valence-corrected chi connectivity index (χ0v) is 18.3. The second kappa shape index (κ2) is 12.0. The predicted molar refractivity (Wildman–Crippen MR) is 111 cm³/mol. The van der Waals surface area contributed by atoms with Crippen LogP contribution < -0.4 is 10.6 Å². The van der Waals surface area contributed by atoms with Crippen LogP contribution in [0.4, 0.5) is 13.2 Å². The van der Waals surface area contributed by atoms with Crippen molar-refractivity contribution in [2.24, 2.45) is 10.9 Å². The molecule has 158 valence electrons. The minimum atomic E-state index is -4.09. The molecule has 0 aromatic heterocycles. The molecule has 1 heterocycles. The van der Waals surface area contributed by atoms with E-state index in [4.69, 9.17) is 0 Å². The van der Waals surface area contributed by atoms with Crippen LogP contribution >= 0.6 is 24.0 Å². The van der Waals surface area contributed by atoms with E-state index < -0.39 is 12.6 Å². The average molecular weight is 504 g/mol. The maximum absolute atomic E-state index is 12.5. The van der Waals surface area contributed by atoms with Gasteiger partial charge in [0.2, 0.25) is 5.91 Å². The van der Waals surface area contributed by atoms with E-state index in [1.807, 2.05) is 11.8 Å². The molecule has 2 fully saturated rings. The lowest BCUT2D eigenvalue weighted by atomic mass is 10.1. The van der Waals surface area contributed by atoms with Gasteiger partial charge in [0.15, 0.2) is 5.96 Å². The highest BCUT2D eigenvalue weighted by atomic mass is 127. The number of likely N-dealkylation sites (tertiary alicyclic amines) is 1. The van der Waals surface area contributed by atoms with Crippen molar-refractivity contribution in [2.75, 3.05) is 26.2 Å². The van der Waals surface area contributed by atoms with Crippen molar-refractivity contribution in [3.05, 3.63) is 0 Å². The normalized spacial score (nSPS) is 21.3. The first-order valence-electron chi connectivity index (χ1n) is 9.79. The largest absolute Gasteiger partial charge is 0.389 e. The quantitative estimate of drug-likeness (QED) is 0.241. The summed E-state index contributed by atoms with van der Waals surface area (Å²) < 4.78 is 36.5. The molecule has 1 saturated carbocycles. The van der Waals surface area contributed by atoms with Crippen molar-refractivity contribution in [1.29, 1.82) is 0 Å². The Bertz CT molecular complexity index is 482. The van der Waals surface area contributed by atoms with E-state index in [-0.39, 0.29) is 48.3 Å². The van der Waals surface area contributed by atoms with Crippen LogP contribution in [0, 0.1) is 5.92 Å². The zero-order chi connectivity index (χ0) is 19.0. The van der Waals surface area contributed by atoms with Gasteiger partial charge < -0.3 is 15.5 Å². The molecule has 27 heavy (non-hydrogen) atoms. The lowest BCUT2D eigenvalue weighted by Crippen LogP contribution is -2.45. The van der Waals surface area contributed by atoms with Gasteiger partial charge in [-0.05, 0) is 39.0 Å².